The van der Waals surface area contributed by atoms with Crippen LogP contribution < -0.4 is 44.2 Å². The summed E-state index contributed by atoms with van der Waals surface area (Å²) in [7, 11) is 0. The van der Waals surface area contributed by atoms with E-state index < -0.39 is 56.3 Å². The van der Waals surface area contributed by atoms with Gasteiger partial charge in [-0.25, -0.2) is 0 Å². The van der Waals surface area contributed by atoms with E-state index in [4.69, 9.17) is 0 Å². The smallest absolute Gasteiger partial charge is 0.261 e. The summed E-state index contributed by atoms with van der Waals surface area (Å²) in [6.07, 6.45) is 4.19. The van der Waals surface area contributed by atoms with Gasteiger partial charge in [-0.1, -0.05) is 91.5 Å². The summed E-state index contributed by atoms with van der Waals surface area (Å²) in [5, 5.41) is 32.7. The molecule has 0 bridgehead atoms. The fraction of sp³-hybridized carbons (Fsp3) is 0.286. The molecule has 0 fully saturated rings. The zero-order valence-corrected chi connectivity index (χ0v) is 47.8. The Morgan fingerprint density at radius 3 is 0.929 bits per heavy atom. The van der Waals surface area contributed by atoms with Gasteiger partial charge in [0.05, 0.1) is 11.1 Å². The maximum Gasteiger partial charge on any atom is 0.261 e. The van der Waals surface area contributed by atoms with Crippen LogP contribution in [-0.4, -0.2) is 28.5 Å². The van der Waals surface area contributed by atoms with Gasteiger partial charge in [-0.3, -0.25) is 56.6 Å². The van der Waals surface area contributed by atoms with Gasteiger partial charge in [0.25, 0.3) is 33.4 Å². The molecule has 14 rings (SSSR count). The lowest BCUT2D eigenvalue weighted by molar-refractivity contribution is 0.362. The SMILES string of the molecule is CCC(CC)n1c(O)c2cc(C#Cc3cc4c(O)n(C(CC)CC)c(=O)c5ccc6c7c(=O)cc8c(=O)n(C(CC)CC)c(=O)c9ccc(c7c9-8)c3c6c45)c3c4ccc5c6c4c(c(=O)cc-6c(=O)n(C(CC)CC)c5=O)c4ccc(c1=O)c2c43. The minimum atomic E-state index is -0.561. The standard InChI is InChI=1S/C70H58N4O10/c1-9-33(10-2)71-63(77)41-25-21-39-57-49(75)29-47-55-43(65(79)73(69(47)83)35(13-5)14-6)23-19-37(61(55)57)51-31(27-45(67(71)81)53(41)59(39)51)17-18-32-28-46-54-42(64(78)72(68(46)82)34(11-3)12-4)26-22-40-58-50(76)30-48-56-44(24-20-38(62(56)58)52(32)60(40)54)66(80)74(70(48)84)36(15-7)16-8/h19-30,33-36,81-82H,9-16H2,1-8H3. The summed E-state index contributed by atoms with van der Waals surface area (Å²) in [5.41, 5.74) is -2.22. The summed E-state index contributed by atoms with van der Waals surface area (Å²) in [6, 6.07) is 18.2. The molecule has 0 saturated heterocycles. The lowest BCUT2D eigenvalue weighted by Gasteiger charge is -2.24. The average molecular weight is 1120 g/mol. The second-order valence-electron chi connectivity index (χ2n) is 23.0. The molecule has 10 aromatic rings. The minimum absolute atomic E-state index is 0.107. The zero-order valence-electron chi connectivity index (χ0n) is 47.8. The van der Waals surface area contributed by atoms with Crippen molar-refractivity contribution in [1.29, 1.82) is 0 Å². The lowest BCUT2D eigenvalue weighted by Crippen LogP contribution is -2.38. The Morgan fingerprint density at radius 2 is 0.595 bits per heavy atom. The first kappa shape index (κ1) is 52.6. The van der Waals surface area contributed by atoms with Gasteiger partial charge in [-0.05, 0) is 121 Å². The number of aromatic hydroxyl groups is 2. The maximum absolute atomic E-state index is 14.9. The van der Waals surface area contributed by atoms with Crippen LogP contribution in [0.5, 0.6) is 11.8 Å². The highest BCUT2D eigenvalue weighted by molar-refractivity contribution is 6.40. The molecular weight excluding hydrogens is 1060 g/mol. The number of nitrogens with zero attached hydrogens (tertiary/aromatic N) is 4. The Labute approximate surface area is 477 Å². The summed E-state index contributed by atoms with van der Waals surface area (Å²) in [5.74, 6) is 6.46. The van der Waals surface area contributed by atoms with Gasteiger partial charge in [0.2, 0.25) is 11.8 Å². The minimum Gasteiger partial charge on any atom is -0.494 e. The summed E-state index contributed by atoms with van der Waals surface area (Å²) < 4.78 is 5.37. The fourth-order valence-corrected chi connectivity index (χ4v) is 15.2. The highest BCUT2D eigenvalue weighted by atomic mass is 16.3. The molecule has 2 aliphatic carbocycles. The normalized spacial score (nSPS) is 12.8. The number of hydrogen-bond donors (Lipinski definition) is 2. The van der Waals surface area contributed by atoms with E-state index in [-0.39, 0.29) is 56.5 Å². The molecule has 2 aliphatic heterocycles. The first-order chi connectivity index (χ1) is 40.5. The average Bonchev–Trinajstić information content (AvgIpc) is 0.752. The molecule has 418 valence electrons. The van der Waals surface area contributed by atoms with Crippen molar-refractivity contribution in [2.75, 3.05) is 0 Å². The predicted molar refractivity (Wildman–Crippen MR) is 338 cm³/mol. The predicted octanol–water partition coefficient (Wildman–Crippen LogP) is 12.4. The molecule has 14 nitrogen and oxygen atoms in total. The molecule has 84 heavy (non-hydrogen) atoms. The highest BCUT2D eigenvalue weighted by Crippen LogP contribution is 2.50. The van der Waals surface area contributed by atoms with Crippen LogP contribution in [0.2, 0.25) is 0 Å². The Hall–Kier alpha value is -9.48. The van der Waals surface area contributed by atoms with Crippen molar-refractivity contribution in [3.63, 3.8) is 0 Å². The summed E-state index contributed by atoms with van der Waals surface area (Å²) in [6.45, 7) is 15.4. The number of hydrogen-bond acceptors (Lipinski definition) is 10. The van der Waals surface area contributed by atoms with E-state index in [1.807, 2.05) is 55.4 Å². The third-order valence-electron chi connectivity index (χ3n) is 19.3. The Bertz CT molecular complexity index is 5320. The van der Waals surface area contributed by atoms with E-state index in [1.54, 1.807) is 60.7 Å². The van der Waals surface area contributed by atoms with Crippen LogP contribution in [-0.2, 0) is 0 Å². The fourth-order valence-electron chi connectivity index (χ4n) is 15.2. The topological polar surface area (TPSA) is 197 Å². The summed E-state index contributed by atoms with van der Waals surface area (Å²) in [4.78, 5) is 118. The third-order valence-corrected chi connectivity index (χ3v) is 19.3. The number of aromatic nitrogens is 4. The quantitative estimate of drug-likeness (QED) is 0.0674. The molecule has 0 saturated carbocycles. The molecule has 0 unspecified atom stereocenters. The summed E-state index contributed by atoms with van der Waals surface area (Å²) >= 11 is 0. The van der Waals surface area contributed by atoms with E-state index in [9.17, 15) is 48.6 Å². The molecule has 2 aromatic heterocycles. The number of pyridine rings is 4. The number of rotatable bonds is 12. The van der Waals surface area contributed by atoms with E-state index in [2.05, 4.69) is 11.8 Å². The first-order valence-corrected chi connectivity index (χ1v) is 29.5. The zero-order chi connectivity index (χ0) is 59.0. The Balaban J connectivity index is 1.20. The molecule has 4 aliphatic rings. The van der Waals surface area contributed by atoms with Crippen molar-refractivity contribution >= 4 is 108 Å². The molecule has 8 aromatic carbocycles. The van der Waals surface area contributed by atoms with Crippen LogP contribution >= 0.6 is 0 Å². The molecular formula is C70H58N4O10. The molecule has 4 heterocycles. The highest BCUT2D eigenvalue weighted by Gasteiger charge is 2.33. The molecule has 14 heteroatoms. The molecule has 0 radical (unpaired) electrons. The van der Waals surface area contributed by atoms with Crippen molar-refractivity contribution in [3.8, 4) is 45.9 Å². The van der Waals surface area contributed by atoms with Gasteiger partial charge in [-0.2, -0.15) is 0 Å². The van der Waals surface area contributed by atoms with Gasteiger partial charge in [0, 0.05) is 133 Å². The molecule has 2 N–H and O–H groups in total. The number of benzene rings is 10. The second-order valence-corrected chi connectivity index (χ2v) is 23.0. The number of fused-ring (bicyclic) bond motifs is 4. The van der Waals surface area contributed by atoms with Crippen molar-refractivity contribution in [1.82, 2.24) is 18.3 Å². The van der Waals surface area contributed by atoms with Crippen molar-refractivity contribution < 1.29 is 10.2 Å². The maximum atomic E-state index is 14.9. The van der Waals surface area contributed by atoms with Crippen LogP contribution in [0.4, 0.5) is 0 Å². The van der Waals surface area contributed by atoms with Crippen molar-refractivity contribution in [2.45, 2.75) is 131 Å². The Kier molecular flexibility index (Phi) is 11.6. The largest absolute Gasteiger partial charge is 0.494 e. The second kappa shape index (κ2) is 18.5. The van der Waals surface area contributed by atoms with Crippen LogP contribution in [0, 0.1) is 11.8 Å². The lowest BCUT2D eigenvalue weighted by atomic mass is 9.81. The Morgan fingerprint density at radius 1 is 0.310 bits per heavy atom. The van der Waals surface area contributed by atoms with E-state index in [1.165, 1.54) is 30.4 Å². The van der Waals surface area contributed by atoms with Gasteiger partial charge >= 0.3 is 0 Å². The van der Waals surface area contributed by atoms with Gasteiger partial charge in [0.15, 0.2) is 10.9 Å². The van der Waals surface area contributed by atoms with Crippen molar-refractivity contribution in [2.24, 2.45) is 0 Å². The first-order valence-electron chi connectivity index (χ1n) is 29.5. The monoisotopic (exact) mass is 1110 g/mol. The van der Waals surface area contributed by atoms with E-state index >= 15 is 0 Å². The van der Waals surface area contributed by atoms with Gasteiger partial charge in [0.1, 0.15) is 0 Å². The molecule has 0 spiro atoms. The molecule has 0 atom stereocenters. The van der Waals surface area contributed by atoms with Crippen LogP contribution in [0.3, 0.4) is 0 Å². The van der Waals surface area contributed by atoms with E-state index in [0.717, 1.165) is 0 Å². The van der Waals surface area contributed by atoms with E-state index in [0.29, 0.717) is 160 Å². The van der Waals surface area contributed by atoms with Gasteiger partial charge < -0.3 is 10.2 Å². The third kappa shape index (κ3) is 6.47. The van der Waals surface area contributed by atoms with Crippen LogP contribution in [0.1, 0.15) is 142 Å². The molecule has 0 amide bonds. The van der Waals surface area contributed by atoms with Crippen LogP contribution in [0.15, 0.2) is 111 Å². The van der Waals surface area contributed by atoms with Gasteiger partial charge in [-0.15, -0.1) is 0 Å². The van der Waals surface area contributed by atoms with Crippen LogP contribution in [0.25, 0.3) is 130 Å². The van der Waals surface area contributed by atoms with Crippen molar-refractivity contribution in [3.05, 3.63) is 166 Å².